The van der Waals surface area contributed by atoms with E-state index in [-0.39, 0.29) is 11.9 Å². The smallest absolute Gasteiger partial charge is 0.200 e. The third-order valence-electron chi connectivity index (χ3n) is 6.13. The minimum atomic E-state index is -0.0298. The van der Waals surface area contributed by atoms with Gasteiger partial charge in [0.05, 0.1) is 26.5 Å². The number of phenols is 1. The lowest BCUT2D eigenvalue weighted by Gasteiger charge is -2.36. The summed E-state index contributed by atoms with van der Waals surface area (Å²) in [6, 6.07) is 18.6. The third-order valence-corrected chi connectivity index (χ3v) is 6.13. The topological polar surface area (TPSA) is 54.4 Å². The Kier molecular flexibility index (Phi) is 6.54. The summed E-state index contributed by atoms with van der Waals surface area (Å²) in [5, 5.41) is 10.2. The Morgan fingerprint density at radius 3 is 2.21 bits per heavy atom. The SMILES string of the molecule is CCN1CC(c2ccc(N(C)C)cc2)Oc2cc(Cc3cc(OC)c(O)c(OC)c3)ccc21. The van der Waals surface area contributed by atoms with Crippen molar-refractivity contribution in [3.05, 3.63) is 71.3 Å². The molecule has 0 saturated heterocycles. The molecule has 0 aromatic heterocycles. The first-order valence-electron chi connectivity index (χ1n) is 11.2. The zero-order valence-corrected chi connectivity index (χ0v) is 20.0. The lowest BCUT2D eigenvalue weighted by molar-refractivity contribution is 0.197. The number of aromatic hydroxyl groups is 1. The fraction of sp³-hybridized carbons (Fsp3) is 0.333. The van der Waals surface area contributed by atoms with E-state index in [9.17, 15) is 5.11 Å². The molecule has 1 aliphatic heterocycles. The van der Waals surface area contributed by atoms with Gasteiger partial charge in [-0.1, -0.05) is 18.2 Å². The van der Waals surface area contributed by atoms with Gasteiger partial charge in [-0.15, -0.1) is 0 Å². The number of phenolic OH excluding ortho intramolecular Hbond substituents is 1. The van der Waals surface area contributed by atoms with E-state index in [0.29, 0.717) is 17.9 Å². The van der Waals surface area contributed by atoms with Crippen molar-refractivity contribution in [2.75, 3.05) is 51.2 Å². The van der Waals surface area contributed by atoms with Gasteiger partial charge in [0.15, 0.2) is 11.5 Å². The van der Waals surface area contributed by atoms with Gasteiger partial charge in [-0.05, 0) is 66.4 Å². The number of hydrogen-bond acceptors (Lipinski definition) is 6. The third kappa shape index (κ3) is 4.65. The molecule has 3 aromatic carbocycles. The van der Waals surface area contributed by atoms with Gasteiger partial charge >= 0.3 is 0 Å². The predicted octanol–water partition coefficient (Wildman–Crippen LogP) is 5.03. The fourth-order valence-corrected chi connectivity index (χ4v) is 4.26. The molecular formula is C27H32N2O4. The maximum absolute atomic E-state index is 10.2. The Morgan fingerprint density at radius 1 is 0.970 bits per heavy atom. The average Bonchev–Trinajstić information content (AvgIpc) is 2.84. The highest BCUT2D eigenvalue weighted by Gasteiger charge is 2.26. The number of ether oxygens (including phenoxy) is 3. The number of benzene rings is 3. The average molecular weight is 449 g/mol. The fourth-order valence-electron chi connectivity index (χ4n) is 4.26. The molecule has 0 amide bonds. The van der Waals surface area contributed by atoms with Crippen LogP contribution in [0.2, 0.25) is 0 Å². The molecule has 1 heterocycles. The van der Waals surface area contributed by atoms with Crippen LogP contribution in [0.1, 0.15) is 29.7 Å². The molecule has 6 nitrogen and oxygen atoms in total. The van der Waals surface area contributed by atoms with Crippen molar-refractivity contribution in [1.82, 2.24) is 0 Å². The van der Waals surface area contributed by atoms with Crippen LogP contribution in [0, 0.1) is 0 Å². The Bertz CT molecular complexity index is 1090. The second-order valence-corrected chi connectivity index (χ2v) is 8.46. The second kappa shape index (κ2) is 9.53. The molecule has 1 N–H and O–H groups in total. The van der Waals surface area contributed by atoms with Crippen LogP contribution >= 0.6 is 0 Å². The normalized spacial score (nSPS) is 14.9. The monoisotopic (exact) mass is 448 g/mol. The molecule has 1 aliphatic rings. The molecule has 0 saturated carbocycles. The number of methoxy groups -OCH3 is 2. The van der Waals surface area contributed by atoms with Crippen molar-refractivity contribution in [3.63, 3.8) is 0 Å². The van der Waals surface area contributed by atoms with Gasteiger partial charge in [0.2, 0.25) is 5.75 Å². The van der Waals surface area contributed by atoms with Crippen molar-refractivity contribution in [3.8, 4) is 23.0 Å². The predicted molar refractivity (Wildman–Crippen MR) is 132 cm³/mol. The number of anilines is 2. The summed E-state index contributed by atoms with van der Waals surface area (Å²) in [6.07, 6.45) is 0.635. The molecule has 1 unspecified atom stereocenters. The van der Waals surface area contributed by atoms with E-state index in [4.69, 9.17) is 14.2 Å². The quantitative estimate of drug-likeness (QED) is 0.547. The van der Waals surface area contributed by atoms with E-state index in [0.717, 1.165) is 35.7 Å². The van der Waals surface area contributed by atoms with Crippen LogP contribution in [-0.2, 0) is 6.42 Å². The standard InChI is InChI=1S/C27H32N2O4/c1-6-29-17-26(20-8-10-21(11-9-20)28(2)3)33-23-14-18(7-12-22(23)29)13-19-15-24(31-4)27(30)25(16-19)32-5/h7-12,14-16,26,30H,6,13,17H2,1-5H3. The van der Waals surface area contributed by atoms with E-state index >= 15 is 0 Å². The van der Waals surface area contributed by atoms with Crippen molar-refractivity contribution in [2.24, 2.45) is 0 Å². The number of nitrogens with zero attached hydrogens (tertiary/aromatic N) is 2. The van der Waals surface area contributed by atoms with E-state index in [1.54, 1.807) is 0 Å². The van der Waals surface area contributed by atoms with Gasteiger partial charge in [-0.25, -0.2) is 0 Å². The summed E-state index contributed by atoms with van der Waals surface area (Å²) in [4.78, 5) is 4.46. The molecule has 0 aliphatic carbocycles. The van der Waals surface area contributed by atoms with Crippen LogP contribution in [0.15, 0.2) is 54.6 Å². The molecule has 0 spiro atoms. The molecule has 4 rings (SSSR count). The number of likely N-dealkylation sites (N-methyl/N-ethyl adjacent to an activating group) is 1. The van der Waals surface area contributed by atoms with E-state index in [1.165, 1.54) is 25.5 Å². The lowest BCUT2D eigenvalue weighted by atomic mass is 10.0. The Hall–Kier alpha value is -3.54. The van der Waals surface area contributed by atoms with Crippen molar-refractivity contribution < 1.29 is 19.3 Å². The molecular weight excluding hydrogens is 416 g/mol. The highest BCUT2D eigenvalue weighted by Crippen LogP contribution is 2.41. The minimum Gasteiger partial charge on any atom is -0.502 e. The Morgan fingerprint density at radius 2 is 1.64 bits per heavy atom. The van der Waals surface area contributed by atoms with Crippen LogP contribution in [0.5, 0.6) is 23.0 Å². The summed E-state index contributed by atoms with van der Waals surface area (Å²) in [7, 11) is 7.16. The van der Waals surface area contributed by atoms with Gasteiger partial charge in [-0.3, -0.25) is 0 Å². The molecule has 6 heteroatoms. The van der Waals surface area contributed by atoms with E-state index in [2.05, 4.69) is 59.2 Å². The molecule has 174 valence electrons. The van der Waals surface area contributed by atoms with Crippen LogP contribution in [0.4, 0.5) is 11.4 Å². The van der Waals surface area contributed by atoms with Gasteiger partial charge < -0.3 is 29.1 Å². The Labute approximate surface area is 195 Å². The summed E-state index contributed by atoms with van der Waals surface area (Å²) in [5.74, 6) is 1.70. The summed E-state index contributed by atoms with van der Waals surface area (Å²) < 4.78 is 17.1. The molecule has 3 aromatic rings. The number of fused-ring (bicyclic) bond motifs is 1. The minimum absolute atomic E-state index is 0.0132. The van der Waals surface area contributed by atoms with E-state index in [1.807, 2.05) is 26.2 Å². The number of rotatable bonds is 7. The van der Waals surface area contributed by atoms with Crippen molar-refractivity contribution >= 4 is 11.4 Å². The maximum Gasteiger partial charge on any atom is 0.200 e. The second-order valence-electron chi connectivity index (χ2n) is 8.46. The van der Waals surface area contributed by atoms with Crippen LogP contribution in [-0.4, -0.2) is 46.5 Å². The van der Waals surface area contributed by atoms with Gasteiger partial charge in [-0.2, -0.15) is 0 Å². The zero-order valence-electron chi connectivity index (χ0n) is 20.0. The largest absolute Gasteiger partial charge is 0.502 e. The highest BCUT2D eigenvalue weighted by molar-refractivity contribution is 5.62. The molecule has 0 fully saturated rings. The van der Waals surface area contributed by atoms with Crippen molar-refractivity contribution in [2.45, 2.75) is 19.4 Å². The summed E-state index contributed by atoms with van der Waals surface area (Å²) >= 11 is 0. The van der Waals surface area contributed by atoms with Crippen LogP contribution in [0.3, 0.4) is 0 Å². The van der Waals surface area contributed by atoms with Crippen molar-refractivity contribution in [1.29, 1.82) is 0 Å². The molecule has 1 atom stereocenters. The summed E-state index contributed by atoms with van der Waals surface area (Å²) in [6.45, 7) is 3.90. The van der Waals surface area contributed by atoms with Gasteiger partial charge in [0, 0.05) is 26.3 Å². The van der Waals surface area contributed by atoms with E-state index < -0.39 is 0 Å². The zero-order chi connectivity index (χ0) is 23.5. The maximum atomic E-state index is 10.2. The van der Waals surface area contributed by atoms with Gasteiger partial charge in [0.25, 0.3) is 0 Å². The molecule has 33 heavy (non-hydrogen) atoms. The van der Waals surface area contributed by atoms with Crippen LogP contribution < -0.4 is 24.0 Å². The van der Waals surface area contributed by atoms with Gasteiger partial charge in [0.1, 0.15) is 11.9 Å². The lowest BCUT2D eigenvalue weighted by Crippen LogP contribution is -2.35. The highest BCUT2D eigenvalue weighted by atomic mass is 16.5. The first kappa shape index (κ1) is 22.6. The van der Waals surface area contributed by atoms with Crippen LogP contribution in [0.25, 0.3) is 0 Å². The number of hydrogen-bond donors (Lipinski definition) is 1. The summed E-state index contributed by atoms with van der Waals surface area (Å²) in [5.41, 5.74) is 5.55. The molecule has 0 radical (unpaired) electrons. The Balaban J connectivity index is 1.61. The molecule has 0 bridgehead atoms. The first-order chi connectivity index (χ1) is 15.9. The first-order valence-corrected chi connectivity index (χ1v) is 11.2.